The molecule has 0 bridgehead atoms. The molecule has 0 saturated heterocycles. The number of rotatable bonds is 5. The molecule has 4 rings (SSSR count). The van der Waals surface area contributed by atoms with E-state index in [1.807, 2.05) is 58.0 Å². The van der Waals surface area contributed by atoms with E-state index in [1.54, 1.807) is 30.3 Å². The van der Waals surface area contributed by atoms with Gasteiger partial charge in [0.1, 0.15) is 5.52 Å². The van der Waals surface area contributed by atoms with Crippen LogP contribution in [0.4, 0.5) is 11.5 Å². The Morgan fingerprint density at radius 3 is 2.34 bits per heavy atom. The summed E-state index contributed by atoms with van der Waals surface area (Å²) >= 11 is 0. The molecule has 5 N–H and O–H groups in total. The first-order valence-corrected chi connectivity index (χ1v) is 10.4. The number of hydrogen-bond acceptors (Lipinski definition) is 5. The molecule has 0 aliphatic heterocycles. The van der Waals surface area contributed by atoms with E-state index >= 15 is 0 Å². The number of fused-ring (bicyclic) bond motifs is 1. The predicted octanol–water partition coefficient (Wildman–Crippen LogP) is 4.68. The molecule has 2 aromatic heterocycles. The molecule has 0 spiro atoms. The zero-order chi connectivity index (χ0) is 23.3. The van der Waals surface area contributed by atoms with Crippen molar-refractivity contribution in [1.82, 2.24) is 15.5 Å². The highest BCUT2D eigenvalue weighted by molar-refractivity contribution is 6.10. The van der Waals surface area contributed by atoms with Crippen molar-refractivity contribution in [2.75, 3.05) is 11.1 Å². The summed E-state index contributed by atoms with van der Waals surface area (Å²) in [6, 6.07) is 17.9. The van der Waals surface area contributed by atoms with Gasteiger partial charge >= 0.3 is 0 Å². The lowest BCUT2D eigenvalue weighted by atomic mass is 9.94. The molecule has 0 radical (unpaired) electrons. The second-order valence-corrected chi connectivity index (χ2v) is 7.41. The number of benzene rings is 2. The van der Waals surface area contributed by atoms with E-state index in [1.165, 1.54) is 0 Å². The third-order valence-corrected chi connectivity index (χ3v) is 4.82. The van der Waals surface area contributed by atoms with Crippen LogP contribution in [0, 0.1) is 0 Å². The van der Waals surface area contributed by atoms with Crippen molar-refractivity contribution in [2.45, 2.75) is 33.2 Å². The van der Waals surface area contributed by atoms with Crippen LogP contribution in [0.15, 0.2) is 65.1 Å². The molecule has 0 aliphatic carbocycles. The molecule has 0 aliphatic rings. The third-order valence-electron chi connectivity index (χ3n) is 4.82. The van der Waals surface area contributed by atoms with E-state index in [0.717, 1.165) is 5.56 Å². The van der Waals surface area contributed by atoms with Crippen molar-refractivity contribution >= 4 is 34.4 Å². The van der Waals surface area contributed by atoms with Gasteiger partial charge in [-0.3, -0.25) is 14.7 Å². The third kappa shape index (κ3) is 4.64. The Kier molecular flexibility index (Phi) is 6.63. The first-order valence-electron chi connectivity index (χ1n) is 10.4. The van der Waals surface area contributed by atoms with E-state index in [2.05, 4.69) is 20.8 Å². The first kappa shape index (κ1) is 22.6. The summed E-state index contributed by atoms with van der Waals surface area (Å²) < 4.78 is 5.70. The number of nitrogens with one attached hydrogen (secondary N) is 3. The molecule has 2 heterocycles. The van der Waals surface area contributed by atoms with Crippen molar-refractivity contribution in [3.8, 4) is 0 Å². The van der Waals surface area contributed by atoms with Crippen molar-refractivity contribution in [1.29, 1.82) is 0 Å². The number of para-hydroxylation sites is 1. The van der Waals surface area contributed by atoms with Gasteiger partial charge in [-0.2, -0.15) is 5.10 Å². The molecule has 0 saturated carbocycles. The molecular formula is C24H27N5O3. The standard InChI is InChI=1S/C22H21N5O3.C2H6/c1-22(2,13-8-4-3-5-9-13)25-21(29)17-12-16-18(30-17)19(27-26-16)24-20(28)14-10-6-7-11-15(14)23;1-2/h3-12H,23H2,1-2H3,(H,25,29)(H2,24,26,27,28);1-2H3. The van der Waals surface area contributed by atoms with Gasteiger partial charge in [-0.1, -0.05) is 56.3 Å². The summed E-state index contributed by atoms with van der Waals surface area (Å²) in [5.41, 5.74) is 7.66. The van der Waals surface area contributed by atoms with Crippen LogP contribution < -0.4 is 16.4 Å². The van der Waals surface area contributed by atoms with E-state index in [-0.39, 0.29) is 23.1 Å². The normalized spacial score (nSPS) is 10.9. The molecule has 0 unspecified atom stereocenters. The minimum Gasteiger partial charge on any atom is -0.445 e. The number of aromatic amines is 1. The number of aromatic nitrogens is 2. The van der Waals surface area contributed by atoms with Gasteiger partial charge in [-0.25, -0.2) is 0 Å². The number of nitrogens with zero attached hydrogens (tertiary/aromatic N) is 1. The Morgan fingerprint density at radius 2 is 1.66 bits per heavy atom. The average Bonchev–Trinajstić information content (AvgIpc) is 3.38. The Labute approximate surface area is 186 Å². The molecule has 8 nitrogen and oxygen atoms in total. The number of H-pyrrole nitrogens is 1. The van der Waals surface area contributed by atoms with Crippen LogP contribution in [0.2, 0.25) is 0 Å². The van der Waals surface area contributed by atoms with E-state index in [4.69, 9.17) is 10.2 Å². The van der Waals surface area contributed by atoms with E-state index in [0.29, 0.717) is 16.8 Å². The second kappa shape index (κ2) is 9.38. The van der Waals surface area contributed by atoms with Crippen LogP contribution in [-0.2, 0) is 5.54 Å². The fraction of sp³-hybridized carbons (Fsp3) is 0.208. The van der Waals surface area contributed by atoms with E-state index in [9.17, 15) is 9.59 Å². The van der Waals surface area contributed by atoms with Gasteiger partial charge in [0.15, 0.2) is 17.2 Å². The quantitative estimate of drug-likeness (QED) is 0.340. The second-order valence-electron chi connectivity index (χ2n) is 7.41. The zero-order valence-corrected chi connectivity index (χ0v) is 18.5. The van der Waals surface area contributed by atoms with Gasteiger partial charge in [0.2, 0.25) is 0 Å². The summed E-state index contributed by atoms with van der Waals surface area (Å²) in [5.74, 6) is -0.510. The summed E-state index contributed by atoms with van der Waals surface area (Å²) in [6.45, 7) is 7.82. The Bertz CT molecular complexity index is 1220. The molecule has 32 heavy (non-hydrogen) atoms. The number of carbonyl (C=O) groups is 2. The zero-order valence-electron chi connectivity index (χ0n) is 18.5. The lowest BCUT2D eigenvalue weighted by Gasteiger charge is -2.26. The van der Waals surface area contributed by atoms with Crippen LogP contribution in [-0.4, -0.2) is 22.0 Å². The van der Waals surface area contributed by atoms with Gasteiger partial charge in [0.25, 0.3) is 11.8 Å². The average molecular weight is 434 g/mol. The highest BCUT2D eigenvalue weighted by atomic mass is 16.3. The van der Waals surface area contributed by atoms with Crippen LogP contribution in [0.5, 0.6) is 0 Å². The highest BCUT2D eigenvalue weighted by Crippen LogP contribution is 2.26. The molecule has 2 amide bonds. The fourth-order valence-electron chi connectivity index (χ4n) is 3.16. The van der Waals surface area contributed by atoms with E-state index < -0.39 is 11.4 Å². The summed E-state index contributed by atoms with van der Waals surface area (Å²) in [7, 11) is 0. The summed E-state index contributed by atoms with van der Waals surface area (Å²) in [4.78, 5) is 25.3. The number of furan rings is 1. The topological polar surface area (TPSA) is 126 Å². The predicted molar refractivity (Wildman–Crippen MR) is 125 cm³/mol. The van der Waals surface area contributed by atoms with Crippen LogP contribution in [0.3, 0.4) is 0 Å². The largest absolute Gasteiger partial charge is 0.445 e. The van der Waals surface area contributed by atoms with Crippen molar-refractivity contribution in [2.24, 2.45) is 0 Å². The maximum atomic E-state index is 12.8. The van der Waals surface area contributed by atoms with Gasteiger partial charge in [0.05, 0.1) is 11.1 Å². The Hall–Kier alpha value is -4.07. The highest BCUT2D eigenvalue weighted by Gasteiger charge is 2.26. The Morgan fingerprint density at radius 1 is 1.00 bits per heavy atom. The molecule has 0 atom stereocenters. The summed E-state index contributed by atoms with van der Waals surface area (Å²) in [6.07, 6.45) is 0. The maximum absolute atomic E-state index is 12.8. The first-order chi connectivity index (χ1) is 15.3. The minimum atomic E-state index is -0.598. The lowest BCUT2D eigenvalue weighted by molar-refractivity contribution is 0.0885. The van der Waals surface area contributed by atoms with Crippen molar-refractivity contribution in [3.63, 3.8) is 0 Å². The van der Waals surface area contributed by atoms with Crippen LogP contribution in [0.25, 0.3) is 11.1 Å². The number of nitrogen functional groups attached to an aromatic ring is 1. The van der Waals surface area contributed by atoms with Crippen molar-refractivity contribution in [3.05, 3.63) is 77.6 Å². The van der Waals surface area contributed by atoms with Gasteiger partial charge in [-0.15, -0.1) is 0 Å². The minimum absolute atomic E-state index is 0.109. The van der Waals surface area contributed by atoms with Gasteiger partial charge in [0, 0.05) is 11.8 Å². The number of carbonyl (C=O) groups excluding carboxylic acids is 2. The number of hydrogen-bond donors (Lipinski definition) is 4. The van der Waals surface area contributed by atoms with Crippen LogP contribution >= 0.6 is 0 Å². The number of nitrogens with two attached hydrogens (primary N) is 1. The fourth-order valence-corrected chi connectivity index (χ4v) is 3.16. The summed E-state index contributed by atoms with van der Waals surface area (Å²) in [5, 5.41) is 12.4. The lowest BCUT2D eigenvalue weighted by Crippen LogP contribution is -2.40. The monoisotopic (exact) mass is 433 g/mol. The molecule has 2 aromatic carbocycles. The maximum Gasteiger partial charge on any atom is 0.287 e. The van der Waals surface area contributed by atoms with Crippen molar-refractivity contribution < 1.29 is 14.0 Å². The molecular weight excluding hydrogens is 406 g/mol. The SMILES string of the molecule is CC.CC(C)(NC(=O)c1cc2[nH]nc(NC(=O)c3ccccc3N)c2o1)c1ccccc1. The molecule has 166 valence electrons. The van der Waals surface area contributed by atoms with Gasteiger partial charge < -0.3 is 20.8 Å². The molecule has 0 fully saturated rings. The van der Waals surface area contributed by atoms with Gasteiger partial charge in [-0.05, 0) is 31.5 Å². The van der Waals surface area contributed by atoms with Crippen LogP contribution in [0.1, 0.15) is 54.2 Å². The molecule has 4 aromatic rings. The molecule has 8 heteroatoms. The number of anilines is 2. The number of amides is 2. The smallest absolute Gasteiger partial charge is 0.287 e. The Balaban J connectivity index is 0.00000141.